The number of hydrogen-bond donors (Lipinski definition) is 3. The van der Waals surface area contributed by atoms with Crippen molar-refractivity contribution in [1.82, 2.24) is 30.0 Å². The van der Waals surface area contributed by atoms with E-state index >= 15 is 0 Å². The van der Waals surface area contributed by atoms with Crippen LogP contribution in [0.25, 0.3) is 33.5 Å². The minimum atomic E-state index is -0.357. The van der Waals surface area contributed by atoms with Crippen LogP contribution < -0.4 is 5.32 Å². The summed E-state index contributed by atoms with van der Waals surface area (Å²) in [5.41, 5.74) is 3.62. The van der Waals surface area contributed by atoms with Gasteiger partial charge in [-0.2, -0.15) is 5.10 Å². The van der Waals surface area contributed by atoms with Gasteiger partial charge in [0.2, 0.25) is 0 Å². The van der Waals surface area contributed by atoms with Crippen LogP contribution in [0.3, 0.4) is 0 Å². The fraction of sp³-hybridized carbons (Fsp3) is 0.333. The van der Waals surface area contributed by atoms with E-state index in [1.807, 2.05) is 25.2 Å². The van der Waals surface area contributed by atoms with E-state index in [1.54, 1.807) is 17.1 Å². The zero-order valence-electron chi connectivity index (χ0n) is 16.4. The molecule has 1 amide bonds. The summed E-state index contributed by atoms with van der Waals surface area (Å²) in [7, 11) is 1.85. The molecule has 4 aromatic rings. The van der Waals surface area contributed by atoms with Crippen molar-refractivity contribution in [1.29, 1.82) is 0 Å². The van der Waals surface area contributed by atoms with Crippen LogP contribution in [-0.2, 0) is 7.05 Å². The molecule has 9 heteroatoms. The largest absolute Gasteiger partial charge is 0.393 e. The van der Waals surface area contributed by atoms with Gasteiger partial charge in [0, 0.05) is 29.7 Å². The summed E-state index contributed by atoms with van der Waals surface area (Å²) < 4.78 is 1.75. The van der Waals surface area contributed by atoms with Gasteiger partial charge in [-0.3, -0.25) is 9.48 Å². The number of H-pyrrole nitrogens is 1. The number of aliphatic hydroxyl groups is 1. The molecule has 3 N–H and O–H groups in total. The van der Waals surface area contributed by atoms with Crippen LogP contribution in [0.15, 0.2) is 30.6 Å². The molecule has 1 fully saturated rings. The molecule has 154 valence electrons. The van der Waals surface area contributed by atoms with E-state index < -0.39 is 0 Å². The van der Waals surface area contributed by atoms with E-state index in [-0.39, 0.29) is 18.1 Å². The molecule has 2 atom stereocenters. The first kappa shape index (κ1) is 19.0. The lowest BCUT2D eigenvalue weighted by molar-refractivity contribution is 0.0851. The number of amides is 1. The highest BCUT2D eigenvalue weighted by molar-refractivity contribution is 6.31. The Morgan fingerprint density at radius 3 is 3.07 bits per heavy atom. The smallest absolute Gasteiger partial charge is 0.255 e. The van der Waals surface area contributed by atoms with Crippen molar-refractivity contribution in [3.63, 3.8) is 0 Å². The van der Waals surface area contributed by atoms with Crippen molar-refractivity contribution in [2.24, 2.45) is 7.05 Å². The molecular formula is C21H21ClN6O2. The number of nitrogens with zero attached hydrogens (tertiary/aromatic N) is 4. The molecule has 5 rings (SSSR count). The fourth-order valence-corrected chi connectivity index (χ4v) is 4.32. The highest BCUT2D eigenvalue weighted by Gasteiger charge is 2.24. The Morgan fingerprint density at radius 2 is 2.23 bits per heavy atom. The number of halogens is 1. The molecule has 0 saturated heterocycles. The molecule has 1 aromatic carbocycles. The zero-order chi connectivity index (χ0) is 20.8. The summed E-state index contributed by atoms with van der Waals surface area (Å²) in [6, 6.07) is 5.54. The summed E-state index contributed by atoms with van der Waals surface area (Å²) in [6.45, 7) is 0. The number of nitrogens with one attached hydrogen (secondary N) is 2. The van der Waals surface area contributed by atoms with Gasteiger partial charge in [0.15, 0.2) is 5.65 Å². The average Bonchev–Trinajstić information content (AvgIpc) is 3.29. The Kier molecular flexibility index (Phi) is 4.67. The number of aryl methyl sites for hydroxylation is 1. The number of aliphatic hydroxyl groups excluding tert-OH is 1. The molecule has 1 saturated carbocycles. The number of carbonyl (C=O) groups is 1. The van der Waals surface area contributed by atoms with Crippen molar-refractivity contribution in [3.05, 3.63) is 41.2 Å². The molecule has 0 spiro atoms. The van der Waals surface area contributed by atoms with Crippen molar-refractivity contribution >= 4 is 39.6 Å². The van der Waals surface area contributed by atoms with Crippen LogP contribution >= 0.6 is 11.6 Å². The van der Waals surface area contributed by atoms with Crippen molar-refractivity contribution < 1.29 is 9.90 Å². The molecular weight excluding hydrogens is 404 g/mol. The predicted octanol–water partition coefficient (Wildman–Crippen LogP) is 3.20. The van der Waals surface area contributed by atoms with E-state index in [0.717, 1.165) is 30.2 Å². The van der Waals surface area contributed by atoms with Crippen molar-refractivity contribution in [3.8, 4) is 11.4 Å². The molecule has 0 aliphatic heterocycles. The number of hydrogen-bond acceptors (Lipinski definition) is 5. The Morgan fingerprint density at radius 1 is 1.37 bits per heavy atom. The lowest BCUT2D eigenvalue weighted by Gasteiger charge is -2.26. The molecule has 1 aliphatic carbocycles. The average molecular weight is 425 g/mol. The van der Waals surface area contributed by atoms with Crippen LogP contribution in [0.4, 0.5) is 0 Å². The molecule has 30 heavy (non-hydrogen) atoms. The van der Waals surface area contributed by atoms with Crippen LogP contribution in [0.5, 0.6) is 0 Å². The number of aromatic nitrogens is 5. The van der Waals surface area contributed by atoms with Crippen molar-refractivity contribution in [2.45, 2.75) is 37.8 Å². The quantitative estimate of drug-likeness (QED) is 0.468. The van der Waals surface area contributed by atoms with Gasteiger partial charge in [-0.15, -0.1) is 0 Å². The van der Waals surface area contributed by atoms with Gasteiger partial charge < -0.3 is 15.4 Å². The van der Waals surface area contributed by atoms with E-state index in [9.17, 15) is 9.90 Å². The number of fused-ring (bicyclic) bond motifs is 2. The second kappa shape index (κ2) is 7.37. The number of carbonyl (C=O) groups excluding carboxylic acids is 1. The first-order valence-electron chi connectivity index (χ1n) is 9.95. The number of rotatable bonds is 3. The Hall–Kier alpha value is -2.97. The lowest BCUT2D eigenvalue weighted by atomic mass is 9.93. The maximum atomic E-state index is 12.9. The first-order chi connectivity index (χ1) is 14.5. The van der Waals surface area contributed by atoms with E-state index in [4.69, 9.17) is 16.6 Å². The number of aromatic amines is 1. The second-order valence-electron chi connectivity index (χ2n) is 7.78. The van der Waals surface area contributed by atoms with Crippen molar-refractivity contribution in [2.75, 3.05) is 0 Å². The highest BCUT2D eigenvalue weighted by Crippen LogP contribution is 2.29. The summed E-state index contributed by atoms with van der Waals surface area (Å²) in [4.78, 5) is 25.0. The van der Waals surface area contributed by atoms with Gasteiger partial charge in [0.25, 0.3) is 5.91 Å². The number of benzene rings is 1. The molecule has 1 aliphatic rings. The molecule has 3 heterocycles. The predicted molar refractivity (Wildman–Crippen MR) is 114 cm³/mol. The molecule has 8 nitrogen and oxygen atoms in total. The minimum Gasteiger partial charge on any atom is -0.393 e. The first-order valence-corrected chi connectivity index (χ1v) is 10.3. The molecule has 0 bridgehead atoms. The Balaban J connectivity index is 1.51. The summed E-state index contributed by atoms with van der Waals surface area (Å²) in [5.74, 6) is -0.218. The van der Waals surface area contributed by atoms with Gasteiger partial charge in [-0.25, -0.2) is 9.97 Å². The summed E-state index contributed by atoms with van der Waals surface area (Å²) in [5, 5.41) is 19.0. The third-order valence-electron chi connectivity index (χ3n) is 5.66. The molecule has 0 radical (unpaired) electrons. The molecule has 1 unspecified atom stereocenters. The van der Waals surface area contributed by atoms with E-state index in [2.05, 4.69) is 20.4 Å². The van der Waals surface area contributed by atoms with Crippen LogP contribution in [0.1, 0.15) is 36.0 Å². The SMILES string of the molecule is Cn1nc(-c2cnc3[nH]cc(C(=O)NC4CCC[C@@H](O)C4)c3n2)c2ccc(Cl)cc21. The minimum absolute atomic E-state index is 0.0353. The monoisotopic (exact) mass is 424 g/mol. The van der Waals surface area contributed by atoms with Gasteiger partial charge >= 0.3 is 0 Å². The maximum absolute atomic E-state index is 12.9. The Labute approximate surface area is 177 Å². The fourth-order valence-electron chi connectivity index (χ4n) is 4.16. The van der Waals surface area contributed by atoms with Gasteiger partial charge in [-0.05, 0) is 43.9 Å². The van der Waals surface area contributed by atoms with E-state index in [1.165, 1.54) is 0 Å². The highest BCUT2D eigenvalue weighted by atomic mass is 35.5. The maximum Gasteiger partial charge on any atom is 0.255 e. The summed E-state index contributed by atoms with van der Waals surface area (Å²) >= 11 is 6.12. The van der Waals surface area contributed by atoms with Crippen LogP contribution in [0.2, 0.25) is 5.02 Å². The van der Waals surface area contributed by atoms with Gasteiger partial charge in [0.1, 0.15) is 16.9 Å². The van der Waals surface area contributed by atoms with Crippen LogP contribution in [-0.4, -0.2) is 47.9 Å². The van der Waals surface area contributed by atoms with E-state index in [0.29, 0.717) is 39.6 Å². The molecule has 3 aromatic heterocycles. The normalized spacial score (nSPS) is 19.4. The second-order valence-corrected chi connectivity index (χ2v) is 8.22. The lowest BCUT2D eigenvalue weighted by Crippen LogP contribution is -2.39. The van der Waals surface area contributed by atoms with Gasteiger partial charge in [0.05, 0.1) is 23.4 Å². The topological polar surface area (TPSA) is 109 Å². The standard InChI is InChI=1S/C21H21ClN6O2/c1-28-17-7-11(22)5-6-14(17)18(27-28)16-10-24-20-19(26-16)15(9-23-20)21(30)25-12-3-2-4-13(29)8-12/h5-7,9-10,12-13,29H,2-4,8H2,1H3,(H,23,24)(H,25,30)/t12?,13-/m1/s1. The third-order valence-corrected chi connectivity index (χ3v) is 5.90. The third kappa shape index (κ3) is 3.32. The van der Waals surface area contributed by atoms with Gasteiger partial charge in [-0.1, -0.05) is 11.6 Å². The zero-order valence-corrected chi connectivity index (χ0v) is 17.1. The summed E-state index contributed by atoms with van der Waals surface area (Å²) in [6.07, 6.45) is 6.05. The van der Waals surface area contributed by atoms with Crippen LogP contribution in [0, 0.1) is 0 Å². The Bertz CT molecular complexity index is 1260.